The summed E-state index contributed by atoms with van der Waals surface area (Å²) in [5, 5.41) is 0. The Kier molecular flexibility index (Phi) is 36.1. The molecule has 0 aromatic rings. The molecule has 0 saturated heterocycles. The van der Waals surface area contributed by atoms with Gasteiger partial charge in [-0.3, -0.25) is 18.6 Å². The Morgan fingerprint density at radius 2 is 0.981 bits per heavy atom. The summed E-state index contributed by atoms with van der Waals surface area (Å²) in [7, 11) is 1.46. The first-order valence-electron chi connectivity index (χ1n) is 22.1. The number of phosphoric acid groups is 1. The maximum Gasteiger partial charge on any atom is 0.472 e. The number of ether oxygens (including phenoxy) is 2. The Bertz CT molecular complexity index is 980. The van der Waals surface area contributed by atoms with E-state index in [9.17, 15) is 19.0 Å². The van der Waals surface area contributed by atoms with Gasteiger partial charge >= 0.3 is 19.8 Å². The van der Waals surface area contributed by atoms with E-state index in [1.807, 2.05) is 27.2 Å². The van der Waals surface area contributed by atoms with Crippen molar-refractivity contribution in [3.63, 3.8) is 0 Å². The van der Waals surface area contributed by atoms with Crippen LogP contribution in [-0.4, -0.2) is 74.9 Å². The number of carbonyl (C=O) groups excluding carboxylic acids is 2. The molecule has 0 heterocycles. The number of nitrogens with zero attached hydrogens (tertiary/aromatic N) is 1. The number of rotatable bonds is 40. The first kappa shape index (κ1) is 52.5. The zero-order valence-electron chi connectivity index (χ0n) is 35.7. The molecule has 0 radical (unpaired) electrons. The maximum absolute atomic E-state index is 12.7. The van der Waals surface area contributed by atoms with Gasteiger partial charge in [-0.15, -0.1) is 0 Å². The van der Waals surface area contributed by atoms with Crippen molar-refractivity contribution in [3.05, 3.63) is 24.3 Å². The van der Waals surface area contributed by atoms with Gasteiger partial charge in [-0.25, -0.2) is 4.57 Å². The van der Waals surface area contributed by atoms with Gasteiger partial charge < -0.3 is 18.9 Å². The molecule has 0 spiro atoms. The van der Waals surface area contributed by atoms with Gasteiger partial charge in [0, 0.05) is 12.8 Å². The normalized spacial score (nSPS) is 13.8. The highest BCUT2D eigenvalue weighted by Crippen LogP contribution is 2.43. The minimum atomic E-state index is -4.38. The Morgan fingerprint density at radius 3 is 1.44 bits per heavy atom. The Morgan fingerprint density at radius 1 is 0.556 bits per heavy atom. The summed E-state index contributed by atoms with van der Waals surface area (Å²) in [6.07, 6.45) is 39.5. The van der Waals surface area contributed by atoms with Crippen molar-refractivity contribution in [3.8, 4) is 0 Å². The van der Waals surface area contributed by atoms with Crippen molar-refractivity contribution in [2.45, 2.75) is 200 Å². The Hall–Kier alpha value is -1.51. The van der Waals surface area contributed by atoms with Gasteiger partial charge in [-0.2, -0.15) is 0 Å². The van der Waals surface area contributed by atoms with E-state index in [0.29, 0.717) is 23.9 Å². The number of quaternary nitrogens is 1. The van der Waals surface area contributed by atoms with Gasteiger partial charge in [0.25, 0.3) is 0 Å². The summed E-state index contributed by atoms with van der Waals surface area (Å²) >= 11 is 0. The third-order valence-electron chi connectivity index (χ3n) is 9.47. The van der Waals surface area contributed by atoms with Gasteiger partial charge in [-0.05, 0) is 51.4 Å². The molecule has 0 aliphatic heterocycles. The number of hydrogen-bond acceptors (Lipinski definition) is 7. The number of hydrogen-bond donors (Lipinski definition) is 1. The van der Waals surface area contributed by atoms with E-state index in [2.05, 4.69) is 32.1 Å². The summed E-state index contributed by atoms with van der Waals surface area (Å²) in [5.41, 5.74) is 0. The van der Waals surface area contributed by atoms with E-state index >= 15 is 0 Å². The molecule has 0 aromatic heterocycles. The van der Waals surface area contributed by atoms with Crippen LogP contribution in [0.5, 0.6) is 0 Å². The van der Waals surface area contributed by atoms with Crippen LogP contribution in [0.1, 0.15) is 194 Å². The molecule has 0 saturated carbocycles. The fourth-order valence-corrected chi connectivity index (χ4v) is 6.71. The molecule has 1 unspecified atom stereocenters. The second-order valence-electron chi connectivity index (χ2n) is 16.1. The minimum absolute atomic E-state index is 0.0268. The predicted octanol–water partition coefficient (Wildman–Crippen LogP) is 12.4. The summed E-state index contributed by atoms with van der Waals surface area (Å²) in [4.78, 5) is 35.3. The van der Waals surface area contributed by atoms with Gasteiger partial charge in [-0.1, -0.05) is 154 Å². The number of likely N-dealkylation sites (N-methyl/N-ethyl adjacent to an activating group) is 1. The number of carbonyl (C=O) groups is 2. The lowest BCUT2D eigenvalue weighted by atomic mass is 10.1. The zero-order chi connectivity index (χ0) is 40.0. The van der Waals surface area contributed by atoms with Crippen LogP contribution in [0.15, 0.2) is 24.3 Å². The van der Waals surface area contributed by atoms with Crippen LogP contribution in [0.2, 0.25) is 0 Å². The van der Waals surface area contributed by atoms with Crippen molar-refractivity contribution in [1.29, 1.82) is 0 Å². The predicted molar refractivity (Wildman–Crippen MR) is 224 cm³/mol. The highest BCUT2D eigenvalue weighted by molar-refractivity contribution is 7.47. The molecule has 0 aromatic carbocycles. The zero-order valence-corrected chi connectivity index (χ0v) is 36.6. The average Bonchev–Trinajstić information content (AvgIpc) is 3.12. The summed E-state index contributed by atoms with van der Waals surface area (Å²) in [6, 6.07) is 0. The largest absolute Gasteiger partial charge is 0.472 e. The standard InChI is InChI=1S/C44H84NO8P/c1-6-8-10-12-14-16-18-20-22-24-26-28-30-32-34-36-43(46)50-40-42(41-52-54(48,49)51-39-38-45(3,4)5)53-44(47)37-35-33-31-29-27-25-23-21-19-17-15-13-11-9-7-2/h21,23,30,32,42H,6-20,22,24-29,31,33-41H2,1-5H3/p+1/b23-21+,32-30+/t42-/m1/s1. The molecule has 10 heteroatoms. The van der Waals surface area contributed by atoms with Crippen LogP contribution in [0.4, 0.5) is 0 Å². The Balaban J connectivity index is 4.40. The van der Waals surface area contributed by atoms with E-state index in [4.69, 9.17) is 18.5 Å². The van der Waals surface area contributed by atoms with Crippen LogP contribution in [-0.2, 0) is 32.7 Å². The Labute approximate surface area is 332 Å². The summed E-state index contributed by atoms with van der Waals surface area (Å²) < 4.78 is 34.2. The van der Waals surface area contributed by atoms with E-state index in [1.54, 1.807) is 0 Å². The molecular formula is C44H85NO8P+. The van der Waals surface area contributed by atoms with E-state index in [-0.39, 0.29) is 26.1 Å². The van der Waals surface area contributed by atoms with E-state index in [1.165, 1.54) is 109 Å². The number of esters is 2. The third-order valence-corrected chi connectivity index (χ3v) is 10.5. The second kappa shape index (κ2) is 37.1. The molecule has 0 rings (SSSR count). The fraction of sp³-hybridized carbons (Fsp3) is 0.864. The van der Waals surface area contributed by atoms with Crippen LogP contribution in [0.3, 0.4) is 0 Å². The molecular weight excluding hydrogens is 701 g/mol. The topological polar surface area (TPSA) is 108 Å². The van der Waals surface area contributed by atoms with Gasteiger partial charge in [0.15, 0.2) is 6.10 Å². The SMILES string of the molecule is CCCCCCCC/C=C/CCCCCCCC(=O)O[C@H](COC(=O)CC/C=C/CCCCCCCCCCCCC)COP(=O)(O)OCC[N+](C)(C)C. The molecule has 0 amide bonds. The molecule has 2 atom stereocenters. The van der Waals surface area contributed by atoms with Crippen molar-refractivity contribution in [1.82, 2.24) is 0 Å². The quantitative estimate of drug-likeness (QED) is 0.0215. The van der Waals surface area contributed by atoms with Gasteiger partial charge in [0.2, 0.25) is 0 Å². The number of phosphoric ester groups is 1. The van der Waals surface area contributed by atoms with Crippen LogP contribution >= 0.6 is 7.82 Å². The fourth-order valence-electron chi connectivity index (χ4n) is 5.97. The molecule has 0 bridgehead atoms. The molecule has 9 nitrogen and oxygen atoms in total. The van der Waals surface area contributed by atoms with Crippen LogP contribution < -0.4 is 0 Å². The van der Waals surface area contributed by atoms with Gasteiger partial charge in [0.1, 0.15) is 19.8 Å². The third kappa shape index (κ3) is 40.2. The van der Waals surface area contributed by atoms with Crippen LogP contribution in [0, 0.1) is 0 Å². The first-order valence-corrected chi connectivity index (χ1v) is 23.6. The van der Waals surface area contributed by atoms with Crippen molar-refractivity contribution >= 4 is 19.8 Å². The van der Waals surface area contributed by atoms with Crippen molar-refractivity contribution < 1.29 is 42.1 Å². The minimum Gasteiger partial charge on any atom is -0.462 e. The smallest absolute Gasteiger partial charge is 0.462 e. The number of unbranched alkanes of at least 4 members (excludes halogenated alkanes) is 22. The average molecular weight is 787 g/mol. The maximum atomic E-state index is 12.7. The highest BCUT2D eigenvalue weighted by atomic mass is 31.2. The van der Waals surface area contributed by atoms with Crippen LogP contribution in [0.25, 0.3) is 0 Å². The summed E-state index contributed by atoms with van der Waals surface area (Å²) in [5.74, 6) is -0.861. The lowest BCUT2D eigenvalue weighted by molar-refractivity contribution is -0.870. The monoisotopic (exact) mass is 787 g/mol. The van der Waals surface area contributed by atoms with Crippen molar-refractivity contribution in [2.75, 3.05) is 47.5 Å². The number of allylic oxidation sites excluding steroid dienone is 4. The van der Waals surface area contributed by atoms with E-state index in [0.717, 1.165) is 44.9 Å². The molecule has 1 N–H and O–H groups in total. The van der Waals surface area contributed by atoms with Gasteiger partial charge in [0.05, 0.1) is 27.7 Å². The second-order valence-corrected chi connectivity index (χ2v) is 17.5. The molecule has 0 aliphatic rings. The first-order chi connectivity index (χ1) is 26.0. The van der Waals surface area contributed by atoms with Crippen molar-refractivity contribution in [2.24, 2.45) is 0 Å². The molecule has 0 aliphatic carbocycles. The highest BCUT2D eigenvalue weighted by Gasteiger charge is 2.27. The summed E-state index contributed by atoms with van der Waals surface area (Å²) in [6.45, 7) is 4.37. The molecule has 0 fully saturated rings. The lowest BCUT2D eigenvalue weighted by Gasteiger charge is -2.24. The lowest BCUT2D eigenvalue weighted by Crippen LogP contribution is -2.37. The molecule has 54 heavy (non-hydrogen) atoms. The van der Waals surface area contributed by atoms with E-state index < -0.39 is 32.5 Å². The molecule has 318 valence electrons.